The maximum Gasteiger partial charge on any atom is 0.325 e. The fourth-order valence-electron chi connectivity index (χ4n) is 4.66. The number of fused-ring (bicyclic) bond motifs is 1. The van der Waals surface area contributed by atoms with Crippen LogP contribution in [0.1, 0.15) is 48.3 Å². The third-order valence-electron chi connectivity index (χ3n) is 6.76. The topological polar surface area (TPSA) is 115 Å². The van der Waals surface area contributed by atoms with Gasteiger partial charge in [0.2, 0.25) is 0 Å². The first-order valence-corrected chi connectivity index (χ1v) is 11.3. The van der Waals surface area contributed by atoms with Crippen LogP contribution in [-0.4, -0.2) is 62.5 Å². The predicted molar refractivity (Wildman–Crippen MR) is 125 cm³/mol. The van der Waals surface area contributed by atoms with Gasteiger partial charge in [0.1, 0.15) is 11.4 Å². The molecule has 10 heteroatoms. The van der Waals surface area contributed by atoms with Crippen LogP contribution in [0.15, 0.2) is 47.3 Å². The number of aromatic amines is 1. The fraction of sp³-hybridized carbons (Fsp3) is 0.320. The quantitative estimate of drug-likeness (QED) is 0.560. The van der Waals surface area contributed by atoms with Gasteiger partial charge in [-0.05, 0) is 37.6 Å². The van der Waals surface area contributed by atoms with Crippen LogP contribution in [-0.2, 0) is 4.79 Å². The number of nitrogens with one attached hydrogen (secondary N) is 2. The van der Waals surface area contributed by atoms with Gasteiger partial charge in [0, 0.05) is 24.4 Å². The molecule has 0 spiro atoms. The molecule has 3 aromatic rings. The number of likely N-dealkylation sites (tertiary alicyclic amines) is 1. The second kappa shape index (κ2) is 8.00. The Bertz CT molecular complexity index is 1440. The summed E-state index contributed by atoms with van der Waals surface area (Å²) in [5, 5.41) is 10.5. The van der Waals surface area contributed by atoms with E-state index in [-0.39, 0.29) is 36.0 Å². The predicted octanol–water partition coefficient (Wildman–Crippen LogP) is 2.37. The van der Waals surface area contributed by atoms with Crippen LogP contribution in [0, 0.1) is 5.82 Å². The standard InChI is InChI=1S/C25H24FN5O4/c1-13(20-16-6-4-5-7-17(16)21(32)29-28-20)14-8-9-19(26)18(10-14)22(33)30-11-15(12-30)31-23(34)25(2,3)27-24(31)35/h4-10,13,15H,11-12H2,1-3H3,(H,27,35)(H,29,32). The average molecular weight is 477 g/mol. The maximum absolute atomic E-state index is 14.7. The van der Waals surface area contributed by atoms with Crippen molar-refractivity contribution in [2.45, 2.75) is 38.3 Å². The van der Waals surface area contributed by atoms with Crippen molar-refractivity contribution in [2.75, 3.05) is 13.1 Å². The zero-order valence-electron chi connectivity index (χ0n) is 19.5. The van der Waals surface area contributed by atoms with Crippen LogP contribution in [0.5, 0.6) is 0 Å². The van der Waals surface area contributed by atoms with Gasteiger partial charge in [-0.3, -0.25) is 19.3 Å². The summed E-state index contributed by atoms with van der Waals surface area (Å²) in [6, 6.07) is 10.5. The molecule has 2 saturated heterocycles. The molecule has 35 heavy (non-hydrogen) atoms. The molecule has 3 heterocycles. The molecule has 2 aliphatic rings. The Morgan fingerprint density at radius 1 is 1.11 bits per heavy atom. The molecule has 2 N–H and O–H groups in total. The molecule has 4 amide bonds. The van der Waals surface area contributed by atoms with E-state index in [0.717, 1.165) is 4.90 Å². The minimum Gasteiger partial charge on any atom is -0.334 e. The van der Waals surface area contributed by atoms with Crippen LogP contribution in [0.25, 0.3) is 10.8 Å². The molecule has 1 atom stereocenters. The smallest absolute Gasteiger partial charge is 0.325 e. The molecule has 2 aromatic carbocycles. The number of nitrogens with zero attached hydrogens (tertiary/aromatic N) is 3. The third-order valence-corrected chi connectivity index (χ3v) is 6.76. The molecule has 0 aliphatic carbocycles. The number of carbonyl (C=O) groups is 3. The first-order valence-electron chi connectivity index (χ1n) is 11.3. The van der Waals surface area contributed by atoms with Gasteiger partial charge in [-0.15, -0.1) is 0 Å². The number of imide groups is 1. The number of amides is 4. The van der Waals surface area contributed by atoms with E-state index in [9.17, 15) is 23.6 Å². The number of halogens is 1. The number of hydrogen-bond acceptors (Lipinski definition) is 5. The van der Waals surface area contributed by atoms with Crippen molar-refractivity contribution >= 4 is 28.6 Å². The van der Waals surface area contributed by atoms with E-state index in [1.54, 1.807) is 38.1 Å². The Morgan fingerprint density at radius 3 is 2.46 bits per heavy atom. The van der Waals surface area contributed by atoms with Gasteiger partial charge in [-0.2, -0.15) is 5.10 Å². The van der Waals surface area contributed by atoms with Gasteiger partial charge >= 0.3 is 6.03 Å². The summed E-state index contributed by atoms with van der Waals surface area (Å²) in [4.78, 5) is 52.5. The lowest BCUT2D eigenvalue weighted by Gasteiger charge is -2.42. The molecule has 9 nitrogen and oxygen atoms in total. The van der Waals surface area contributed by atoms with Gasteiger partial charge < -0.3 is 10.2 Å². The van der Waals surface area contributed by atoms with Crippen molar-refractivity contribution in [3.05, 3.63) is 75.5 Å². The van der Waals surface area contributed by atoms with Crippen LogP contribution >= 0.6 is 0 Å². The third kappa shape index (κ3) is 3.65. The van der Waals surface area contributed by atoms with E-state index in [2.05, 4.69) is 15.5 Å². The molecule has 1 aromatic heterocycles. The Kier molecular flexibility index (Phi) is 5.19. The van der Waals surface area contributed by atoms with Crippen molar-refractivity contribution in [2.24, 2.45) is 0 Å². The average Bonchev–Trinajstić information content (AvgIpc) is 3.00. The zero-order chi connectivity index (χ0) is 25.1. The van der Waals surface area contributed by atoms with E-state index in [4.69, 9.17) is 0 Å². The molecule has 1 unspecified atom stereocenters. The highest BCUT2D eigenvalue weighted by Crippen LogP contribution is 2.30. The normalized spacial score (nSPS) is 18.5. The number of urea groups is 1. The van der Waals surface area contributed by atoms with Crippen LogP contribution < -0.4 is 10.9 Å². The fourth-order valence-corrected chi connectivity index (χ4v) is 4.66. The minimum absolute atomic E-state index is 0.0981. The number of carbonyl (C=O) groups excluding carboxylic acids is 3. The Balaban J connectivity index is 1.38. The molecule has 2 fully saturated rings. The molecular formula is C25H24FN5O4. The second-order valence-corrected chi connectivity index (χ2v) is 9.54. The highest BCUT2D eigenvalue weighted by atomic mass is 19.1. The zero-order valence-corrected chi connectivity index (χ0v) is 19.5. The molecule has 0 radical (unpaired) electrons. The van der Waals surface area contributed by atoms with Gasteiger partial charge in [0.05, 0.1) is 22.7 Å². The summed E-state index contributed by atoms with van der Waals surface area (Å²) in [6.45, 7) is 5.39. The highest BCUT2D eigenvalue weighted by molar-refractivity contribution is 6.07. The number of aromatic nitrogens is 2. The second-order valence-electron chi connectivity index (χ2n) is 9.54. The van der Waals surface area contributed by atoms with Crippen molar-refractivity contribution in [3.63, 3.8) is 0 Å². The van der Waals surface area contributed by atoms with Crippen molar-refractivity contribution in [1.29, 1.82) is 0 Å². The molecule has 0 bridgehead atoms. The maximum atomic E-state index is 14.7. The van der Waals surface area contributed by atoms with E-state index in [1.807, 2.05) is 13.0 Å². The molecule has 180 valence electrons. The Hall–Kier alpha value is -4.08. The van der Waals surface area contributed by atoms with Gasteiger partial charge in [-0.25, -0.2) is 14.3 Å². The Labute approximate surface area is 199 Å². The van der Waals surface area contributed by atoms with Crippen molar-refractivity contribution in [3.8, 4) is 0 Å². The number of rotatable bonds is 4. The Morgan fingerprint density at radius 2 is 1.80 bits per heavy atom. The van der Waals surface area contributed by atoms with Crippen LogP contribution in [0.4, 0.5) is 9.18 Å². The van der Waals surface area contributed by atoms with E-state index >= 15 is 0 Å². The summed E-state index contributed by atoms with van der Waals surface area (Å²) >= 11 is 0. The first-order chi connectivity index (χ1) is 16.6. The summed E-state index contributed by atoms with van der Waals surface area (Å²) in [5.74, 6) is -1.85. The monoisotopic (exact) mass is 477 g/mol. The molecule has 5 rings (SSSR count). The van der Waals surface area contributed by atoms with Crippen LogP contribution in [0.3, 0.4) is 0 Å². The largest absolute Gasteiger partial charge is 0.334 e. The lowest BCUT2D eigenvalue weighted by molar-refractivity contribution is -0.133. The molecular weight excluding hydrogens is 453 g/mol. The number of hydrogen-bond donors (Lipinski definition) is 2. The first kappa shape index (κ1) is 22.7. The number of H-pyrrole nitrogens is 1. The summed E-state index contributed by atoms with van der Waals surface area (Å²) in [6.07, 6.45) is 0. The summed E-state index contributed by atoms with van der Waals surface area (Å²) in [7, 11) is 0. The van der Waals surface area contributed by atoms with Gasteiger partial charge in [0.15, 0.2) is 0 Å². The highest BCUT2D eigenvalue weighted by Gasteiger charge is 2.50. The van der Waals surface area contributed by atoms with E-state index < -0.39 is 29.3 Å². The SMILES string of the molecule is CC(c1ccc(F)c(C(=O)N2CC(N3C(=O)NC(C)(C)C3=O)C2)c1)c1n[nH]c(=O)c2ccccc12. The van der Waals surface area contributed by atoms with Crippen molar-refractivity contribution < 1.29 is 18.8 Å². The summed E-state index contributed by atoms with van der Waals surface area (Å²) < 4.78 is 14.7. The van der Waals surface area contributed by atoms with Gasteiger partial charge in [0.25, 0.3) is 17.4 Å². The lowest BCUT2D eigenvalue weighted by atomic mass is 9.92. The number of benzene rings is 2. The lowest BCUT2D eigenvalue weighted by Crippen LogP contribution is -2.63. The van der Waals surface area contributed by atoms with E-state index in [1.165, 1.54) is 17.0 Å². The van der Waals surface area contributed by atoms with Gasteiger partial charge in [-0.1, -0.05) is 31.2 Å². The minimum atomic E-state index is -0.988. The molecule has 2 aliphatic heterocycles. The van der Waals surface area contributed by atoms with E-state index in [0.29, 0.717) is 22.0 Å². The van der Waals surface area contributed by atoms with Crippen LogP contribution in [0.2, 0.25) is 0 Å². The molecule has 0 saturated carbocycles. The summed E-state index contributed by atoms with van der Waals surface area (Å²) in [5.41, 5.74) is -0.118. The van der Waals surface area contributed by atoms with Crippen molar-refractivity contribution in [1.82, 2.24) is 25.3 Å².